The first-order valence-electron chi connectivity index (χ1n) is 3.94. The summed E-state index contributed by atoms with van der Waals surface area (Å²) in [7, 11) is 0. The van der Waals surface area contributed by atoms with Gasteiger partial charge in [-0.05, 0) is 18.2 Å². The van der Waals surface area contributed by atoms with Crippen molar-refractivity contribution in [1.82, 2.24) is 0 Å². The van der Waals surface area contributed by atoms with Gasteiger partial charge >= 0.3 is 0 Å². The second kappa shape index (κ2) is 3.74. The molecule has 0 unspecified atom stereocenters. The van der Waals surface area contributed by atoms with Gasteiger partial charge in [0, 0.05) is 10.0 Å². The molecule has 0 aliphatic carbocycles. The van der Waals surface area contributed by atoms with E-state index in [1.807, 2.05) is 0 Å². The smallest absolute Gasteiger partial charge is 0.145 e. The average molecular weight is 219 g/mol. The number of halogens is 2. The molecule has 0 bridgehead atoms. The summed E-state index contributed by atoms with van der Waals surface area (Å²) in [5, 5.41) is 1.17. The molecule has 1 aromatic carbocycles. The van der Waals surface area contributed by atoms with Crippen LogP contribution in [0.1, 0.15) is 0 Å². The summed E-state index contributed by atoms with van der Waals surface area (Å²) in [6.45, 7) is 1.29. The lowest BCUT2D eigenvalue weighted by Gasteiger charge is -2.26. The van der Waals surface area contributed by atoms with Crippen LogP contribution < -0.4 is 4.74 Å². The topological polar surface area (TPSA) is 18.5 Å². The van der Waals surface area contributed by atoms with E-state index >= 15 is 0 Å². The number of benzene rings is 1. The zero-order chi connectivity index (χ0) is 9.26. The molecule has 1 fully saturated rings. The highest BCUT2D eigenvalue weighted by molar-refractivity contribution is 6.34. The Morgan fingerprint density at radius 3 is 2.23 bits per heavy atom. The average Bonchev–Trinajstić information content (AvgIpc) is 1.95. The third-order valence-corrected chi connectivity index (χ3v) is 2.18. The Hall–Kier alpha value is -0.440. The van der Waals surface area contributed by atoms with E-state index in [9.17, 15) is 0 Å². The first kappa shape index (κ1) is 9.13. The van der Waals surface area contributed by atoms with Gasteiger partial charge in [-0.3, -0.25) is 0 Å². The Balaban J connectivity index is 2.10. The number of ether oxygens (including phenoxy) is 2. The van der Waals surface area contributed by atoms with Crippen molar-refractivity contribution in [3.05, 3.63) is 28.2 Å². The minimum atomic E-state index is 0.148. The van der Waals surface area contributed by atoms with Crippen molar-refractivity contribution in [2.75, 3.05) is 13.2 Å². The van der Waals surface area contributed by atoms with Gasteiger partial charge < -0.3 is 9.47 Å². The summed E-state index contributed by atoms with van der Waals surface area (Å²) in [6, 6.07) is 5.16. The molecule has 0 amide bonds. The molecule has 1 aliphatic heterocycles. The van der Waals surface area contributed by atoms with Crippen molar-refractivity contribution in [2.45, 2.75) is 6.10 Å². The molecular formula is C9H8Cl2O2. The van der Waals surface area contributed by atoms with Crippen LogP contribution in [-0.2, 0) is 4.74 Å². The lowest BCUT2D eigenvalue weighted by atomic mass is 10.3. The van der Waals surface area contributed by atoms with Gasteiger partial charge in [0.1, 0.15) is 11.9 Å². The largest absolute Gasteiger partial charge is 0.485 e. The fourth-order valence-corrected chi connectivity index (χ4v) is 1.58. The maximum absolute atomic E-state index is 5.80. The quantitative estimate of drug-likeness (QED) is 0.761. The summed E-state index contributed by atoms with van der Waals surface area (Å²) >= 11 is 11.6. The molecular weight excluding hydrogens is 211 g/mol. The van der Waals surface area contributed by atoms with Gasteiger partial charge in [-0.1, -0.05) is 23.2 Å². The molecule has 0 saturated carbocycles. The maximum Gasteiger partial charge on any atom is 0.145 e. The monoisotopic (exact) mass is 218 g/mol. The summed E-state index contributed by atoms with van der Waals surface area (Å²) < 4.78 is 10.5. The molecule has 0 N–H and O–H groups in total. The Bertz CT molecular complexity index is 290. The van der Waals surface area contributed by atoms with Gasteiger partial charge in [-0.25, -0.2) is 0 Å². The van der Waals surface area contributed by atoms with Crippen molar-refractivity contribution in [3.63, 3.8) is 0 Å². The molecule has 2 rings (SSSR count). The van der Waals surface area contributed by atoms with Gasteiger partial charge in [-0.15, -0.1) is 0 Å². The van der Waals surface area contributed by atoms with Crippen molar-refractivity contribution in [1.29, 1.82) is 0 Å². The van der Waals surface area contributed by atoms with Crippen molar-refractivity contribution in [2.24, 2.45) is 0 Å². The Morgan fingerprint density at radius 2 is 1.77 bits per heavy atom. The molecule has 4 heteroatoms. The Morgan fingerprint density at radius 1 is 1.15 bits per heavy atom. The van der Waals surface area contributed by atoms with Crippen LogP contribution in [0.25, 0.3) is 0 Å². The molecule has 0 radical (unpaired) electrons. The van der Waals surface area contributed by atoms with Crippen LogP contribution in [0.5, 0.6) is 5.75 Å². The molecule has 0 atom stereocenters. The number of hydrogen-bond acceptors (Lipinski definition) is 2. The highest BCUT2D eigenvalue weighted by atomic mass is 35.5. The number of rotatable bonds is 2. The standard InChI is InChI=1S/C9H8Cl2O2/c10-6-1-7(11)3-8(2-6)13-9-4-12-5-9/h1-3,9H,4-5H2. The predicted octanol–water partition coefficient (Wildman–Crippen LogP) is 2.77. The Kier molecular flexibility index (Phi) is 2.63. The fourth-order valence-electron chi connectivity index (χ4n) is 1.07. The summed E-state index contributed by atoms with van der Waals surface area (Å²) in [5.41, 5.74) is 0. The van der Waals surface area contributed by atoms with Crippen molar-refractivity contribution >= 4 is 23.2 Å². The van der Waals surface area contributed by atoms with Gasteiger partial charge in [0.25, 0.3) is 0 Å². The summed E-state index contributed by atoms with van der Waals surface area (Å²) in [4.78, 5) is 0. The van der Waals surface area contributed by atoms with Crippen molar-refractivity contribution < 1.29 is 9.47 Å². The minimum Gasteiger partial charge on any atom is -0.485 e. The molecule has 0 aromatic heterocycles. The predicted molar refractivity (Wildman–Crippen MR) is 51.7 cm³/mol. The van der Waals surface area contributed by atoms with E-state index in [1.165, 1.54) is 0 Å². The normalized spacial score (nSPS) is 16.8. The third-order valence-electron chi connectivity index (χ3n) is 1.75. The Labute approximate surface area is 86.4 Å². The first-order chi connectivity index (χ1) is 6.24. The van der Waals surface area contributed by atoms with Crippen molar-refractivity contribution in [3.8, 4) is 5.75 Å². The van der Waals surface area contributed by atoms with Gasteiger partial charge in [-0.2, -0.15) is 0 Å². The van der Waals surface area contributed by atoms with Crippen LogP contribution in [0.15, 0.2) is 18.2 Å². The minimum absolute atomic E-state index is 0.148. The maximum atomic E-state index is 5.80. The molecule has 1 aliphatic rings. The number of hydrogen-bond donors (Lipinski definition) is 0. The zero-order valence-electron chi connectivity index (χ0n) is 6.80. The summed E-state index contributed by atoms with van der Waals surface area (Å²) in [5.74, 6) is 0.700. The molecule has 70 valence electrons. The van der Waals surface area contributed by atoms with Crippen LogP contribution in [0.3, 0.4) is 0 Å². The molecule has 1 saturated heterocycles. The molecule has 2 nitrogen and oxygen atoms in total. The van der Waals surface area contributed by atoms with Gasteiger partial charge in [0.2, 0.25) is 0 Å². The first-order valence-corrected chi connectivity index (χ1v) is 4.70. The highest BCUT2D eigenvalue weighted by Gasteiger charge is 2.20. The lowest BCUT2D eigenvalue weighted by molar-refractivity contribution is -0.0796. The molecule has 13 heavy (non-hydrogen) atoms. The van der Waals surface area contributed by atoms with Gasteiger partial charge in [0.05, 0.1) is 13.2 Å². The van der Waals surface area contributed by atoms with E-state index in [0.717, 1.165) is 0 Å². The van der Waals surface area contributed by atoms with Crippen LogP contribution in [-0.4, -0.2) is 19.3 Å². The van der Waals surface area contributed by atoms with E-state index in [4.69, 9.17) is 32.7 Å². The lowest BCUT2D eigenvalue weighted by Crippen LogP contribution is -2.38. The van der Waals surface area contributed by atoms with Crippen LogP contribution in [0.2, 0.25) is 10.0 Å². The molecule has 1 aromatic rings. The summed E-state index contributed by atoms with van der Waals surface area (Å²) in [6.07, 6.45) is 0.148. The highest BCUT2D eigenvalue weighted by Crippen LogP contribution is 2.25. The second-order valence-corrected chi connectivity index (χ2v) is 3.76. The van der Waals surface area contributed by atoms with E-state index in [1.54, 1.807) is 18.2 Å². The van der Waals surface area contributed by atoms with E-state index in [0.29, 0.717) is 29.0 Å². The molecule has 0 spiro atoms. The van der Waals surface area contributed by atoms with E-state index in [2.05, 4.69) is 0 Å². The van der Waals surface area contributed by atoms with Gasteiger partial charge in [0.15, 0.2) is 0 Å². The molecule has 1 heterocycles. The van der Waals surface area contributed by atoms with Crippen LogP contribution >= 0.6 is 23.2 Å². The van der Waals surface area contributed by atoms with E-state index in [-0.39, 0.29) is 6.10 Å². The van der Waals surface area contributed by atoms with E-state index < -0.39 is 0 Å². The van der Waals surface area contributed by atoms with Crippen LogP contribution in [0.4, 0.5) is 0 Å². The SMILES string of the molecule is Clc1cc(Cl)cc(OC2COC2)c1. The third kappa shape index (κ3) is 2.27. The fraction of sp³-hybridized carbons (Fsp3) is 0.333. The second-order valence-electron chi connectivity index (χ2n) is 2.88. The van der Waals surface area contributed by atoms with Crippen LogP contribution in [0, 0.1) is 0 Å². The zero-order valence-corrected chi connectivity index (χ0v) is 8.31.